The van der Waals surface area contributed by atoms with Gasteiger partial charge in [0.15, 0.2) is 17.2 Å². The molecule has 4 rings (SSSR count). The summed E-state index contributed by atoms with van der Waals surface area (Å²) >= 11 is 0. The van der Waals surface area contributed by atoms with Crippen molar-refractivity contribution in [1.29, 1.82) is 0 Å². The topological polar surface area (TPSA) is 74.6 Å². The van der Waals surface area contributed by atoms with Crippen molar-refractivity contribution >= 4 is 11.6 Å². The zero-order valence-corrected chi connectivity index (χ0v) is 16.5. The number of hydrogen-bond acceptors (Lipinski definition) is 4. The molecule has 0 aromatic carbocycles. The number of rotatable bonds is 1. The monoisotopic (exact) mass is 376 g/mol. The fraction of sp³-hybridized carbons (Fsp3) is 0.727. The highest BCUT2D eigenvalue weighted by Gasteiger charge is 2.74. The van der Waals surface area contributed by atoms with Gasteiger partial charge in [-0.2, -0.15) is 0 Å². The van der Waals surface area contributed by atoms with Crippen molar-refractivity contribution in [3.63, 3.8) is 0 Å². The lowest BCUT2D eigenvalue weighted by atomic mass is 9.43. The third-order valence-electron chi connectivity index (χ3n) is 8.70. The van der Waals surface area contributed by atoms with E-state index in [9.17, 15) is 19.8 Å². The molecule has 27 heavy (non-hydrogen) atoms. The highest BCUT2D eigenvalue weighted by molar-refractivity contribution is 6.01. The number of aliphatic hydroxyl groups excluding tert-OH is 1. The van der Waals surface area contributed by atoms with Crippen LogP contribution in [0.5, 0.6) is 0 Å². The van der Waals surface area contributed by atoms with Gasteiger partial charge in [-0.25, -0.2) is 4.39 Å². The van der Waals surface area contributed by atoms with E-state index in [4.69, 9.17) is 0 Å². The molecule has 5 heteroatoms. The van der Waals surface area contributed by atoms with E-state index < -0.39 is 34.1 Å². The molecule has 4 aliphatic rings. The summed E-state index contributed by atoms with van der Waals surface area (Å²) in [7, 11) is 0. The van der Waals surface area contributed by atoms with Gasteiger partial charge < -0.3 is 10.2 Å². The van der Waals surface area contributed by atoms with Gasteiger partial charge in [-0.3, -0.25) is 9.59 Å². The van der Waals surface area contributed by atoms with Crippen LogP contribution in [-0.4, -0.2) is 39.2 Å². The summed E-state index contributed by atoms with van der Waals surface area (Å²) in [5.41, 5.74) is -4.59. The second-order valence-corrected chi connectivity index (χ2v) is 9.75. The number of carbonyl (C=O) groups excluding carboxylic acids is 2. The van der Waals surface area contributed by atoms with E-state index in [0.29, 0.717) is 19.3 Å². The van der Waals surface area contributed by atoms with Crippen LogP contribution in [0.1, 0.15) is 53.4 Å². The Hall–Kier alpha value is -1.33. The van der Waals surface area contributed by atoms with E-state index in [1.54, 1.807) is 13.0 Å². The van der Waals surface area contributed by atoms with Crippen LogP contribution >= 0.6 is 0 Å². The molecule has 4 aliphatic carbocycles. The Morgan fingerprint density at radius 2 is 1.96 bits per heavy atom. The van der Waals surface area contributed by atoms with Gasteiger partial charge in [0.25, 0.3) is 0 Å². The minimum absolute atomic E-state index is 0.00153. The number of hydrogen-bond donors (Lipinski definition) is 2. The fourth-order valence-corrected chi connectivity index (χ4v) is 7.18. The molecule has 0 aliphatic heterocycles. The third kappa shape index (κ3) is 2.00. The van der Waals surface area contributed by atoms with Crippen molar-refractivity contribution in [2.24, 2.45) is 28.6 Å². The molecule has 0 spiro atoms. The molecule has 0 amide bonds. The van der Waals surface area contributed by atoms with Crippen LogP contribution in [0, 0.1) is 28.6 Å². The van der Waals surface area contributed by atoms with E-state index in [-0.39, 0.29) is 29.8 Å². The van der Waals surface area contributed by atoms with Gasteiger partial charge in [-0.05, 0) is 63.5 Å². The summed E-state index contributed by atoms with van der Waals surface area (Å²) in [4.78, 5) is 24.2. The zero-order chi connectivity index (χ0) is 20.0. The molecule has 0 heterocycles. The number of allylic oxidation sites excluding steroid dienone is 4. The quantitative estimate of drug-likeness (QED) is 0.738. The van der Waals surface area contributed by atoms with Crippen LogP contribution in [0.4, 0.5) is 4.39 Å². The Balaban J connectivity index is 1.86. The fourth-order valence-electron chi connectivity index (χ4n) is 7.18. The van der Waals surface area contributed by atoms with Crippen molar-refractivity contribution in [2.75, 3.05) is 0 Å². The van der Waals surface area contributed by atoms with Crippen molar-refractivity contribution in [2.45, 2.75) is 70.8 Å². The molecule has 0 unspecified atom stereocenters. The number of fused-ring (bicyclic) bond motifs is 5. The first-order valence-electron chi connectivity index (χ1n) is 9.97. The maximum atomic E-state index is 16.9. The van der Waals surface area contributed by atoms with Gasteiger partial charge in [0.2, 0.25) is 0 Å². The minimum atomic E-state index is -1.92. The van der Waals surface area contributed by atoms with E-state index in [1.165, 1.54) is 19.1 Å². The highest BCUT2D eigenvalue weighted by Crippen LogP contribution is 2.70. The van der Waals surface area contributed by atoms with Crippen LogP contribution in [0.15, 0.2) is 23.8 Å². The Bertz CT molecular complexity index is 787. The largest absolute Gasteiger partial charge is 0.390 e. The van der Waals surface area contributed by atoms with Crippen LogP contribution < -0.4 is 0 Å². The summed E-state index contributed by atoms with van der Waals surface area (Å²) < 4.78 is 16.9. The number of ketones is 2. The number of carbonyl (C=O) groups is 2. The molecule has 0 saturated heterocycles. The van der Waals surface area contributed by atoms with E-state index in [0.717, 1.165) is 5.57 Å². The molecular formula is C22H29FO4. The molecule has 0 bridgehead atoms. The lowest BCUT2D eigenvalue weighted by molar-refractivity contribution is -0.219. The standard InChI is InChI=1S/C22H29FO4/c1-12-9-17-15-6-8-21(27,13(2)24)20(15,4)11-18(26)22(17,23)19(3)7-5-14(25)10-16(12)19/h5,7,10,12,15,17-18,26-27H,6,8-9,11H2,1-4H3/t12-,15-,17-,18+,19+,20-,21+,22+/m1/s1. The first-order valence-corrected chi connectivity index (χ1v) is 9.97. The number of aliphatic hydroxyl groups is 2. The SMILES string of the molecule is CC(=O)[C@@]1(O)CC[C@@H]2[C@H]3C[C@@H](C)C4=CC(=O)C=C[C@]4(C)[C@@]3(F)[C@@H](O)C[C@]21C. The Labute approximate surface area is 159 Å². The summed E-state index contributed by atoms with van der Waals surface area (Å²) in [6.45, 7) is 7.01. The second-order valence-electron chi connectivity index (χ2n) is 9.75. The van der Waals surface area contributed by atoms with Crippen molar-refractivity contribution in [3.05, 3.63) is 23.8 Å². The summed E-state index contributed by atoms with van der Waals surface area (Å²) in [5.74, 6) is -1.11. The molecule has 148 valence electrons. The van der Waals surface area contributed by atoms with Gasteiger partial charge >= 0.3 is 0 Å². The lowest BCUT2D eigenvalue weighted by Crippen LogP contribution is -2.69. The van der Waals surface area contributed by atoms with Gasteiger partial charge in [0, 0.05) is 16.7 Å². The van der Waals surface area contributed by atoms with Crippen LogP contribution in [-0.2, 0) is 9.59 Å². The molecule has 2 N–H and O–H groups in total. The molecule has 0 aromatic heterocycles. The Morgan fingerprint density at radius 1 is 1.30 bits per heavy atom. The number of halogens is 1. The van der Waals surface area contributed by atoms with Crippen LogP contribution in [0.25, 0.3) is 0 Å². The van der Waals surface area contributed by atoms with E-state index >= 15 is 4.39 Å². The van der Waals surface area contributed by atoms with Gasteiger partial charge in [-0.1, -0.05) is 25.5 Å². The molecule has 0 radical (unpaired) electrons. The van der Waals surface area contributed by atoms with E-state index in [2.05, 4.69) is 0 Å². The molecule has 0 aromatic rings. The Kier molecular flexibility index (Phi) is 3.79. The molecule has 8 atom stereocenters. The molecular weight excluding hydrogens is 347 g/mol. The Morgan fingerprint density at radius 3 is 2.59 bits per heavy atom. The zero-order valence-electron chi connectivity index (χ0n) is 16.5. The predicted octanol–water partition coefficient (Wildman–Crippen LogP) is 2.92. The lowest BCUT2D eigenvalue weighted by Gasteiger charge is -2.63. The molecule has 3 saturated carbocycles. The van der Waals surface area contributed by atoms with E-state index in [1.807, 2.05) is 13.8 Å². The maximum Gasteiger partial charge on any atom is 0.178 e. The van der Waals surface area contributed by atoms with Crippen molar-refractivity contribution < 1.29 is 24.2 Å². The third-order valence-corrected chi connectivity index (χ3v) is 8.70. The van der Waals surface area contributed by atoms with Gasteiger partial charge in [0.1, 0.15) is 5.60 Å². The van der Waals surface area contributed by atoms with Crippen LogP contribution in [0.2, 0.25) is 0 Å². The molecule has 3 fully saturated rings. The van der Waals surface area contributed by atoms with Crippen molar-refractivity contribution in [3.8, 4) is 0 Å². The first kappa shape index (κ1) is 19.0. The van der Waals surface area contributed by atoms with Crippen molar-refractivity contribution in [1.82, 2.24) is 0 Å². The summed E-state index contributed by atoms with van der Waals surface area (Å²) in [5, 5.41) is 22.3. The highest BCUT2D eigenvalue weighted by atomic mass is 19.1. The summed E-state index contributed by atoms with van der Waals surface area (Å²) in [6.07, 6.45) is 4.68. The second kappa shape index (κ2) is 5.38. The smallest absolute Gasteiger partial charge is 0.178 e. The maximum absolute atomic E-state index is 16.9. The first-order chi connectivity index (χ1) is 12.4. The molecule has 4 nitrogen and oxygen atoms in total. The van der Waals surface area contributed by atoms with Gasteiger partial charge in [-0.15, -0.1) is 0 Å². The average Bonchev–Trinajstić information content (AvgIpc) is 2.85. The minimum Gasteiger partial charge on any atom is -0.390 e. The average molecular weight is 376 g/mol. The van der Waals surface area contributed by atoms with Crippen LogP contribution in [0.3, 0.4) is 0 Å². The summed E-state index contributed by atoms with van der Waals surface area (Å²) in [6, 6.07) is 0. The van der Waals surface area contributed by atoms with Gasteiger partial charge in [0.05, 0.1) is 6.10 Å². The number of alkyl halides is 1. The predicted molar refractivity (Wildman–Crippen MR) is 98.5 cm³/mol. The normalized spacial score (nSPS) is 54.0. The number of Topliss-reactive ketones (excluding diaryl/α,β-unsaturated/α-hetero) is 1.